The quantitative estimate of drug-likeness (QED) is 0.904. The molecule has 22 heavy (non-hydrogen) atoms. The van der Waals surface area contributed by atoms with Crippen LogP contribution in [0.5, 0.6) is 0 Å². The van der Waals surface area contributed by atoms with Crippen molar-refractivity contribution in [3.63, 3.8) is 0 Å². The van der Waals surface area contributed by atoms with Crippen molar-refractivity contribution in [1.82, 2.24) is 9.71 Å². The molecule has 3 rings (SSSR count). The molecule has 118 valence electrons. The Balaban J connectivity index is 1.99. The zero-order valence-electron chi connectivity index (χ0n) is 12.5. The van der Waals surface area contributed by atoms with Crippen LogP contribution < -0.4 is 4.72 Å². The summed E-state index contributed by atoms with van der Waals surface area (Å²) in [7, 11) is -3.64. The Bertz CT molecular complexity index is 786. The molecule has 0 bridgehead atoms. The maximum absolute atomic E-state index is 12.8. The van der Waals surface area contributed by atoms with Crippen molar-refractivity contribution in [2.24, 2.45) is 5.41 Å². The molecule has 0 aliphatic heterocycles. The monoisotopic (exact) mass is 320 g/mol. The first-order chi connectivity index (χ1) is 10.5. The lowest BCUT2D eigenvalue weighted by atomic mass is 9.86. The lowest BCUT2D eigenvalue weighted by Gasteiger charge is -2.30. The molecule has 1 heterocycles. The normalized spacial score (nSPS) is 25.6. The van der Waals surface area contributed by atoms with Gasteiger partial charge in [0.25, 0.3) is 0 Å². The van der Waals surface area contributed by atoms with Crippen molar-refractivity contribution in [2.45, 2.75) is 37.1 Å². The van der Waals surface area contributed by atoms with Crippen LogP contribution in [0.3, 0.4) is 0 Å². The summed E-state index contributed by atoms with van der Waals surface area (Å²) in [5.74, 6) is 0. The summed E-state index contributed by atoms with van der Waals surface area (Å²) >= 11 is 0. The molecular weight excluding hydrogens is 300 g/mol. The smallest absolute Gasteiger partial charge is 0.241 e. The molecule has 0 radical (unpaired) electrons. The van der Waals surface area contributed by atoms with Gasteiger partial charge in [0, 0.05) is 41.2 Å². The number of pyridine rings is 1. The summed E-state index contributed by atoms with van der Waals surface area (Å²) in [5, 5.41) is 11.0. The lowest BCUT2D eigenvalue weighted by Crippen LogP contribution is -2.44. The molecule has 1 aromatic carbocycles. The predicted molar refractivity (Wildman–Crippen MR) is 84.9 cm³/mol. The SMILES string of the molecule is C[C@]1(CO)CCC[C@H]1NS(=O)(=O)c1cccc2cnccc12. The largest absolute Gasteiger partial charge is 0.396 e. The minimum absolute atomic E-state index is 0.0142. The number of sulfonamides is 1. The molecule has 1 aliphatic rings. The van der Waals surface area contributed by atoms with Gasteiger partial charge in [-0.05, 0) is 25.0 Å². The third-order valence-electron chi connectivity index (χ3n) is 4.67. The molecule has 2 aromatic rings. The summed E-state index contributed by atoms with van der Waals surface area (Å²) in [6, 6.07) is 6.65. The highest BCUT2D eigenvalue weighted by atomic mass is 32.2. The molecular formula is C16H20N2O3S. The Hall–Kier alpha value is -1.50. The Morgan fingerprint density at radius 3 is 3.00 bits per heavy atom. The number of rotatable bonds is 4. The Morgan fingerprint density at radius 2 is 2.23 bits per heavy atom. The van der Waals surface area contributed by atoms with Crippen molar-refractivity contribution < 1.29 is 13.5 Å². The van der Waals surface area contributed by atoms with Crippen LogP contribution >= 0.6 is 0 Å². The first-order valence-electron chi connectivity index (χ1n) is 7.42. The van der Waals surface area contributed by atoms with E-state index >= 15 is 0 Å². The molecule has 1 aromatic heterocycles. The molecule has 6 heteroatoms. The number of nitrogens with one attached hydrogen (secondary N) is 1. The number of aromatic nitrogens is 1. The van der Waals surface area contributed by atoms with Gasteiger partial charge in [0.1, 0.15) is 0 Å². The van der Waals surface area contributed by atoms with E-state index in [2.05, 4.69) is 9.71 Å². The third-order valence-corrected chi connectivity index (χ3v) is 6.20. The standard InChI is InChI=1S/C16H20N2O3S/c1-16(11-19)8-3-6-15(16)18-22(20,21)14-5-2-4-12-10-17-9-7-13(12)14/h2,4-5,7,9-10,15,18-19H,3,6,8,11H2,1H3/t15-,16-/m1/s1. The Labute approximate surface area is 130 Å². The highest BCUT2D eigenvalue weighted by Crippen LogP contribution is 2.38. The fourth-order valence-electron chi connectivity index (χ4n) is 3.20. The molecule has 2 N–H and O–H groups in total. The molecule has 0 spiro atoms. The van der Waals surface area contributed by atoms with Crippen LogP contribution in [0, 0.1) is 5.41 Å². The number of aliphatic hydroxyl groups is 1. The van der Waals surface area contributed by atoms with Gasteiger partial charge in [0.2, 0.25) is 10.0 Å². The van der Waals surface area contributed by atoms with Gasteiger partial charge in [0.15, 0.2) is 0 Å². The van der Waals surface area contributed by atoms with Crippen LogP contribution in [0.2, 0.25) is 0 Å². The van der Waals surface area contributed by atoms with Gasteiger partial charge >= 0.3 is 0 Å². The molecule has 1 saturated carbocycles. The van der Waals surface area contributed by atoms with Crippen LogP contribution in [0.25, 0.3) is 10.8 Å². The van der Waals surface area contributed by atoms with Crippen molar-refractivity contribution in [3.05, 3.63) is 36.7 Å². The zero-order chi connectivity index (χ0) is 15.8. The fourth-order valence-corrected chi connectivity index (χ4v) is 4.84. The van der Waals surface area contributed by atoms with Gasteiger partial charge in [-0.25, -0.2) is 13.1 Å². The number of aliphatic hydroxyl groups excluding tert-OH is 1. The average Bonchev–Trinajstić information content (AvgIpc) is 2.87. The van der Waals surface area contributed by atoms with Crippen LogP contribution in [0.15, 0.2) is 41.6 Å². The number of hydrogen-bond donors (Lipinski definition) is 2. The summed E-state index contributed by atoms with van der Waals surface area (Å²) in [4.78, 5) is 4.29. The number of nitrogens with zero attached hydrogens (tertiary/aromatic N) is 1. The van der Waals surface area contributed by atoms with E-state index in [4.69, 9.17) is 0 Å². The minimum atomic E-state index is -3.64. The minimum Gasteiger partial charge on any atom is -0.396 e. The highest BCUT2D eigenvalue weighted by molar-refractivity contribution is 7.89. The molecule has 5 nitrogen and oxygen atoms in total. The summed E-state index contributed by atoms with van der Waals surface area (Å²) < 4.78 is 28.4. The van der Waals surface area contributed by atoms with Gasteiger partial charge in [0.05, 0.1) is 4.90 Å². The maximum atomic E-state index is 12.8. The Morgan fingerprint density at radius 1 is 1.41 bits per heavy atom. The number of fused-ring (bicyclic) bond motifs is 1. The van der Waals surface area contributed by atoms with Crippen molar-refractivity contribution in [3.8, 4) is 0 Å². The molecule has 0 saturated heterocycles. The van der Waals surface area contributed by atoms with Gasteiger partial charge in [-0.1, -0.05) is 25.5 Å². The van der Waals surface area contributed by atoms with E-state index in [0.29, 0.717) is 5.39 Å². The van der Waals surface area contributed by atoms with Crippen LogP contribution in [0.1, 0.15) is 26.2 Å². The fraction of sp³-hybridized carbons (Fsp3) is 0.438. The van der Waals surface area contributed by atoms with E-state index < -0.39 is 10.0 Å². The average molecular weight is 320 g/mol. The van der Waals surface area contributed by atoms with Crippen molar-refractivity contribution in [2.75, 3.05) is 6.61 Å². The summed E-state index contributed by atoms with van der Waals surface area (Å²) in [6.07, 6.45) is 5.75. The number of benzene rings is 1. The third kappa shape index (κ3) is 2.62. The second kappa shape index (κ2) is 5.61. The topological polar surface area (TPSA) is 79.3 Å². The van der Waals surface area contributed by atoms with E-state index in [1.54, 1.807) is 30.6 Å². The van der Waals surface area contributed by atoms with E-state index in [0.717, 1.165) is 24.6 Å². The lowest BCUT2D eigenvalue weighted by molar-refractivity contribution is 0.127. The van der Waals surface area contributed by atoms with Crippen LogP contribution in [-0.2, 0) is 10.0 Å². The highest BCUT2D eigenvalue weighted by Gasteiger charge is 2.40. The van der Waals surface area contributed by atoms with Crippen LogP contribution in [-0.4, -0.2) is 31.2 Å². The van der Waals surface area contributed by atoms with Gasteiger partial charge < -0.3 is 5.11 Å². The van der Waals surface area contributed by atoms with Crippen molar-refractivity contribution >= 4 is 20.8 Å². The molecule has 0 unspecified atom stereocenters. The second-order valence-electron chi connectivity index (χ2n) is 6.23. The Kier molecular flexibility index (Phi) is 3.92. The first kappa shape index (κ1) is 15.4. The van der Waals surface area contributed by atoms with E-state index in [1.807, 2.05) is 13.0 Å². The molecule has 0 amide bonds. The zero-order valence-corrected chi connectivity index (χ0v) is 13.3. The van der Waals surface area contributed by atoms with Crippen molar-refractivity contribution in [1.29, 1.82) is 0 Å². The van der Waals surface area contributed by atoms with E-state index in [-0.39, 0.29) is 23.0 Å². The molecule has 1 fully saturated rings. The summed E-state index contributed by atoms with van der Waals surface area (Å²) in [6.45, 7) is 1.92. The maximum Gasteiger partial charge on any atom is 0.241 e. The summed E-state index contributed by atoms with van der Waals surface area (Å²) in [5.41, 5.74) is -0.390. The first-order valence-corrected chi connectivity index (χ1v) is 8.90. The number of hydrogen-bond acceptors (Lipinski definition) is 4. The second-order valence-corrected chi connectivity index (χ2v) is 7.91. The van der Waals surface area contributed by atoms with Crippen LogP contribution in [0.4, 0.5) is 0 Å². The van der Waals surface area contributed by atoms with Gasteiger partial charge in [-0.2, -0.15) is 0 Å². The van der Waals surface area contributed by atoms with E-state index in [9.17, 15) is 13.5 Å². The predicted octanol–water partition coefficient (Wildman–Crippen LogP) is 2.06. The van der Waals surface area contributed by atoms with Gasteiger partial charge in [-0.15, -0.1) is 0 Å². The molecule has 2 atom stereocenters. The van der Waals surface area contributed by atoms with Gasteiger partial charge in [-0.3, -0.25) is 4.98 Å². The molecule has 1 aliphatic carbocycles. The van der Waals surface area contributed by atoms with E-state index in [1.165, 1.54) is 0 Å².